The van der Waals surface area contributed by atoms with Crippen molar-refractivity contribution in [1.29, 1.82) is 0 Å². The van der Waals surface area contributed by atoms with Gasteiger partial charge in [0.1, 0.15) is 5.76 Å². The smallest absolute Gasteiger partial charge is 0.111 e. The van der Waals surface area contributed by atoms with Gasteiger partial charge >= 0.3 is 0 Å². The molecule has 2 aliphatic rings. The van der Waals surface area contributed by atoms with E-state index in [1.54, 1.807) is 0 Å². The van der Waals surface area contributed by atoms with Crippen LogP contribution in [0.25, 0.3) is 0 Å². The van der Waals surface area contributed by atoms with Gasteiger partial charge in [-0.1, -0.05) is 19.8 Å². The summed E-state index contributed by atoms with van der Waals surface area (Å²) >= 11 is 0. The van der Waals surface area contributed by atoms with E-state index in [9.17, 15) is 0 Å². The van der Waals surface area contributed by atoms with Gasteiger partial charge in [0, 0.05) is 5.54 Å². The normalized spacial score (nSPS) is 34.9. The molecule has 1 saturated carbocycles. The highest BCUT2D eigenvalue weighted by Crippen LogP contribution is 2.40. The van der Waals surface area contributed by atoms with Gasteiger partial charge in [0.15, 0.2) is 0 Å². The van der Waals surface area contributed by atoms with E-state index < -0.39 is 0 Å². The fraction of sp³-hybridized carbons (Fsp3) is 0.867. The number of hydrogen-bond donors (Lipinski definition) is 1. The minimum atomic E-state index is 0.0237. The first-order valence-electron chi connectivity index (χ1n) is 7.32. The van der Waals surface area contributed by atoms with Crippen LogP contribution >= 0.6 is 0 Å². The number of allylic oxidation sites excluding steroid dienone is 1. The number of likely N-dealkylation sites (N-methyl/N-ethyl adjacent to an activating group) is 1. The first-order chi connectivity index (χ1) is 8.56. The van der Waals surface area contributed by atoms with Crippen molar-refractivity contribution in [2.45, 2.75) is 57.0 Å². The summed E-state index contributed by atoms with van der Waals surface area (Å²) in [5, 5.41) is 0. The van der Waals surface area contributed by atoms with Gasteiger partial charge in [-0.25, -0.2) is 0 Å². The zero-order valence-electron chi connectivity index (χ0n) is 12.1. The van der Waals surface area contributed by atoms with E-state index in [0.29, 0.717) is 0 Å². The Bertz CT molecular complexity index is 314. The summed E-state index contributed by atoms with van der Waals surface area (Å²) in [5.41, 5.74) is 6.67. The van der Waals surface area contributed by atoms with Crippen molar-refractivity contribution in [2.24, 2.45) is 11.7 Å². The highest BCUT2D eigenvalue weighted by molar-refractivity contribution is 5.16. The molecular weight excluding hydrogens is 224 g/mol. The molecule has 1 aliphatic carbocycles. The molecule has 2 N–H and O–H groups in total. The van der Waals surface area contributed by atoms with Crippen molar-refractivity contribution in [1.82, 2.24) is 4.90 Å². The molecule has 0 saturated heterocycles. The Balaban J connectivity index is 2.20. The van der Waals surface area contributed by atoms with Crippen LogP contribution in [0.1, 0.15) is 45.4 Å². The number of hydrogen-bond acceptors (Lipinski definition) is 3. The fourth-order valence-electron chi connectivity index (χ4n) is 3.59. The van der Waals surface area contributed by atoms with E-state index in [2.05, 4.69) is 32.0 Å². The Labute approximate surface area is 111 Å². The molecule has 18 heavy (non-hydrogen) atoms. The Kier molecular flexibility index (Phi) is 4.33. The second kappa shape index (κ2) is 5.62. The molecule has 1 heterocycles. The zero-order valence-corrected chi connectivity index (χ0v) is 12.1. The number of rotatable bonds is 3. The van der Waals surface area contributed by atoms with E-state index in [-0.39, 0.29) is 11.6 Å². The van der Waals surface area contributed by atoms with Crippen molar-refractivity contribution in [3.8, 4) is 0 Å². The first-order valence-corrected chi connectivity index (χ1v) is 7.32. The third kappa shape index (κ3) is 2.57. The molecule has 3 atom stereocenters. The second-order valence-corrected chi connectivity index (χ2v) is 6.27. The summed E-state index contributed by atoms with van der Waals surface area (Å²) in [7, 11) is 4.34. The molecule has 2 rings (SSSR count). The SMILES string of the molecule is CC1CCCC(C(N)C2=CCCCO2)(N(C)C)C1. The Morgan fingerprint density at radius 1 is 1.44 bits per heavy atom. The average molecular weight is 252 g/mol. The van der Waals surface area contributed by atoms with E-state index >= 15 is 0 Å². The zero-order chi connectivity index (χ0) is 13.2. The number of nitrogens with two attached hydrogens (primary N) is 1. The summed E-state index contributed by atoms with van der Waals surface area (Å²) in [6.07, 6.45) is 9.43. The largest absolute Gasteiger partial charge is 0.497 e. The molecule has 3 heteroatoms. The molecule has 104 valence electrons. The van der Waals surface area contributed by atoms with Crippen LogP contribution < -0.4 is 5.73 Å². The van der Waals surface area contributed by atoms with Crippen molar-refractivity contribution < 1.29 is 4.74 Å². The van der Waals surface area contributed by atoms with E-state index in [1.165, 1.54) is 25.7 Å². The van der Waals surface area contributed by atoms with Gasteiger partial charge in [0.2, 0.25) is 0 Å². The molecule has 0 radical (unpaired) electrons. The lowest BCUT2D eigenvalue weighted by atomic mass is 9.71. The molecule has 0 spiro atoms. The van der Waals surface area contributed by atoms with Gasteiger partial charge < -0.3 is 15.4 Å². The maximum atomic E-state index is 6.59. The quantitative estimate of drug-likeness (QED) is 0.839. The number of nitrogens with zero attached hydrogens (tertiary/aromatic N) is 1. The van der Waals surface area contributed by atoms with Crippen LogP contribution in [0.3, 0.4) is 0 Å². The van der Waals surface area contributed by atoms with Gasteiger partial charge in [-0.2, -0.15) is 0 Å². The fourth-order valence-corrected chi connectivity index (χ4v) is 3.59. The summed E-state index contributed by atoms with van der Waals surface area (Å²) in [6, 6.07) is 0.0237. The summed E-state index contributed by atoms with van der Waals surface area (Å²) in [5.74, 6) is 1.79. The van der Waals surface area contributed by atoms with Crippen molar-refractivity contribution in [2.75, 3.05) is 20.7 Å². The van der Waals surface area contributed by atoms with Crippen LogP contribution in [-0.4, -0.2) is 37.2 Å². The van der Waals surface area contributed by atoms with E-state index in [4.69, 9.17) is 10.5 Å². The van der Waals surface area contributed by atoms with Gasteiger partial charge in [-0.05, 0) is 51.8 Å². The molecule has 1 aliphatic heterocycles. The van der Waals surface area contributed by atoms with Crippen molar-refractivity contribution >= 4 is 0 Å². The maximum absolute atomic E-state index is 6.59. The lowest BCUT2D eigenvalue weighted by Crippen LogP contribution is -2.60. The molecular formula is C15H28N2O. The van der Waals surface area contributed by atoms with E-state index in [0.717, 1.165) is 31.1 Å². The first kappa shape index (κ1) is 13.9. The van der Waals surface area contributed by atoms with Crippen LogP contribution in [0.4, 0.5) is 0 Å². The van der Waals surface area contributed by atoms with Crippen LogP contribution in [0, 0.1) is 5.92 Å². The Hall–Kier alpha value is -0.540. The predicted octanol–water partition coefficient (Wildman–Crippen LogP) is 2.52. The molecule has 0 aromatic carbocycles. The van der Waals surface area contributed by atoms with Crippen molar-refractivity contribution in [3.63, 3.8) is 0 Å². The maximum Gasteiger partial charge on any atom is 0.111 e. The van der Waals surface area contributed by atoms with E-state index in [1.807, 2.05) is 0 Å². The van der Waals surface area contributed by atoms with Gasteiger partial charge in [0.25, 0.3) is 0 Å². The van der Waals surface area contributed by atoms with Crippen LogP contribution in [-0.2, 0) is 4.74 Å². The second-order valence-electron chi connectivity index (χ2n) is 6.27. The van der Waals surface area contributed by atoms with Gasteiger partial charge in [-0.3, -0.25) is 0 Å². The third-order valence-corrected chi connectivity index (χ3v) is 4.75. The molecule has 0 aromatic heterocycles. The minimum Gasteiger partial charge on any atom is -0.497 e. The topological polar surface area (TPSA) is 38.5 Å². The Morgan fingerprint density at radius 3 is 2.78 bits per heavy atom. The minimum absolute atomic E-state index is 0.0237. The lowest BCUT2D eigenvalue weighted by molar-refractivity contribution is 0.0353. The highest BCUT2D eigenvalue weighted by atomic mass is 16.5. The average Bonchev–Trinajstić information content (AvgIpc) is 2.38. The van der Waals surface area contributed by atoms with Gasteiger partial charge in [-0.15, -0.1) is 0 Å². The third-order valence-electron chi connectivity index (χ3n) is 4.75. The van der Waals surface area contributed by atoms with Crippen LogP contribution in [0.15, 0.2) is 11.8 Å². The molecule has 3 unspecified atom stereocenters. The molecule has 0 bridgehead atoms. The standard InChI is InChI=1S/C15H28N2O/c1-12-7-6-9-15(11-12,17(2)3)14(16)13-8-4-5-10-18-13/h8,12,14H,4-7,9-11,16H2,1-3H3. The summed E-state index contributed by atoms with van der Waals surface area (Å²) < 4.78 is 5.81. The molecule has 0 amide bonds. The lowest BCUT2D eigenvalue weighted by Gasteiger charge is -2.49. The molecule has 0 aromatic rings. The highest BCUT2D eigenvalue weighted by Gasteiger charge is 2.44. The van der Waals surface area contributed by atoms with Crippen LogP contribution in [0.5, 0.6) is 0 Å². The number of ether oxygens (including phenoxy) is 1. The van der Waals surface area contributed by atoms with Crippen LogP contribution in [0.2, 0.25) is 0 Å². The van der Waals surface area contributed by atoms with Gasteiger partial charge in [0.05, 0.1) is 12.6 Å². The summed E-state index contributed by atoms with van der Waals surface area (Å²) in [6.45, 7) is 3.18. The summed E-state index contributed by atoms with van der Waals surface area (Å²) in [4.78, 5) is 2.34. The monoisotopic (exact) mass is 252 g/mol. The molecule has 1 fully saturated rings. The molecule has 3 nitrogen and oxygen atoms in total. The predicted molar refractivity (Wildman–Crippen MR) is 75.3 cm³/mol. The van der Waals surface area contributed by atoms with Crippen molar-refractivity contribution in [3.05, 3.63) is 11.8 Å². The Morgan fingerprint density at radius 2 is 2.22 bits per heavy atom.